The number of hydrogen-bond donors (Lipinski definition) is 2. The van der Waals surface area contributed by atoms with Gasteiger partial charge in [0.15, 0.2) is 0 Å². The smallest absolute Gasteiger partial charge is 0.248 e. The minimum Gasteiger partial charge on any atom is -0.366 e. The Morgan fingerprint density at radius 2 is 2.00 bits per heavy atom. The van der Waals surface area contributed by atoms with Crippen LogP contribution in [0.2, 0.25) is 0 Å². The normalized spacial score (nSPS) is 16.6. The Kier molecular flexibility index (Phi) is 4.90. The Balaban J connectivity index is 1.41. The third kappa shape index (κ3) is 3.65. The van der Waals surface area contributed by atoms with Gasteiger partial charge in [-0.05, 0) is 55.0 Å². The molecule has 4 rings (SSSR count). The predicted octanol–water partition coefficient (Wildman–Crippen LogP) is 3.21. The first-order valence-corrected chi connectivity index (χ1v) is 9.74. The number of aryl methyl sites for hydroxylation is 1. The van der Waals surface area contributed by atoms with E-state index in [1.807, 2.05) is 48.2 Å². The van der Waals surface area contributed by atoms with Crippen LogP contribution in [0.4, 0.5) is 0 Å². The highest BCUT2D eigenvalue weighted by Crippen LogP contribution is 2.25. The van der Waals surface area contributed by atoms with E-state index in [1.165, 1.54) is 0 Å². The van der Waals surface area contributed by atoms with Crippen molar-refractivity contribution < 1.29 is 9.59 Å². The lowest BCUT2D eigenvalue weighted by Gasteiger charge is -2.17. The second-order valence-corrected chi connectivity index (χ2v) is 7.71. The van der Waals surface area contributed by atoms with Gasteiger partial charge in [-0.2, -0.15) is 0 Å². The number of nitrogens with zero attached hydrogens (tertiary/aromatic N) is 1. The summed E-state index contributed by atoms with van der Waals surface area (Å²) in [6, 6.07) is 15.6. The highest BCUT2D eigenvalue weighted by Gasteiger charge is 2.27. The number of nitrogens with one attached hydrogen (secondary N) is 1. The van der Waals surface area contributed by atoms with Crippen LogP contribution >= 0.6 is 0 Å². The minimum atomic E-state index is -0.404. The molecule has 2 heterocycles. The van der Waals surface area contributed by atoms with E-state index in [0.717, 1.165) is 53.7 Å². The van der Waals surface area contributed by atoms with Gasteiger partial charge in [-0.25, -0.2) is 0 Å². The lowest BCUT2D eigenvalue weighted by Crippen LogP contribution is -2.30. The Bertz CT molecular complexity index is 1040. The SMILES string of the molecule is Cc1[nH]c2ccccc2c1CC(=O)N1CC[C@@H](Cc2cccc(C(N)=O)c2)C1. The largest absolute Gasteiger partial charge is 0.366 e. The molecular formula is C23H25N3O2. The molecule has 0 unspecified atom stereocenters. The van der Waals surface area contributed by atoms with E-state index >= 15 is 0 Å². The fourth-order valence-electron chi connectivity index (χ4n) is 4.24. The van der Waals surface area contributed by atoms with Crippen molar-refractivity contribution in [2.45, 2.75) is 26.2 Å². The van der Waals surface area contributed by atoms with Crippen molar-refractivity contribution >= 4 is 22.7 Å². The number of primary amides is 1. The molecule has 2 amide bonds. The zero-order valence-electron chi connectivity index (χ0n) is 16.1. The Morgan fingerprint density at radius 3 is 2.82 bits per heavy atom. The van der Waals surface area contributed by atoms with E-state index in [2.05, 4.69) is 11.1 Å². The predicted molar refractivity (Wildman–Crippen MR) is 110 cm³/mol. The van der Waals surface area contributed by atoms with Gasteiger partial charge in [0, 0.05) is 35.2 Å². The van der Waals surface area contributed by atoms with E-state index in [0.29, 0.717) is 17.9 Å². The molecule has 0 aliphatic carbocycles. The Hall–Kier alpha value is -3.08. The summed E-state index contributed by atoms with van der Waals surface area (Å²) in [4.78, 5) is 29.6. The van der Waals surface area contributed by atoms with Crippen LogP contribution < -0.4 is 5.73 Å². The number of benzene rings is 2. The van der Waals surface area contributed by atoms with Crippen LogP contribution in [0.5, 0.6) is 0 Å². The average Bonchev–Trinajstić information content (AvgIpc) is 3.27. The van der Waals surface area contributed by atoms with E-state index in [4.69, 9.17) is 5.73 Å². The molecule has 0 bridgehead atoms. The van der Waals surface area contributed by atoms with Gasteiger partial charge in [-0.3, -0.25) is 9.59 Å². The maximum Gasteiger partial charge on any atom is 0.248 e. The number of para-hydroxylation sites is 1. The molecule has 5 heteroatoms. The fourth-order valence-corrected chi connectivity index (χ4v) is 4.24. The number of carbonyl (C=O) groups is 2. The Labute approximate surface area is 164 Å². The number of nitrogens with two attached hydrogens (primary N) is 1. The summed E-state index contributed by atoms with van der Waals surface area (Å²) in [6.07, 6.45) is 2.27. The molecular weight excluding hydrogens is 350 g/mol. The van der Waals surface area contributed by atoms with Gasteiger partial charge in [0.25, 0.3) is 0 Å². The summed E-state index contributed by atoms with van der Waals surface area (Å²) < 4.78 is 0. The summed E-state index contributed by atoms with van der Waals surface area (Å²) >= 11 is 0. The quantitative estimate of drug-likeness (QED) is 0.718. The summed E-state index contributed by atoms with van der Waals surface area (Å²) in [6.45, 7) is 3.59. The van der Waals surface area contributed by atoms with Crippen molar-refractivity contribution in [3.63, 3.8) is 0 Å². The monoisotopic (exact) mass is 375 g/mol. The van der Waals surface area contributed by atoms with Crippen molar-refractivity contribution in [3.8, 4) is 0 Å². The highest BCUT2D eigenvalue weighted by atomic mass is 16.2. The number of aromatic amines is 1. The van der Waals surface area contributed by atoms with Crippen molar-refractivity contribution in [2.24, 2.45) is 11.7 Å². The van der Waals surface area contributed by atoms with Gasteiger partial charge in [0.05, 0.1) is 6.42 Å². The van der Waals surface area contributed by atoms with Gasteiger partial charge < -0.3 is 15.6 Å². The minimum absolute atomic E-state index is 0.182. The second kappa shape index (κ2) is 7.50. The zero-order valence-corrected chi connectivity index (χ0v) is 16.1. The molecule has 1 aliphatic rings. The Morgan fingerprint density at radius 1 is 1.18 bits per heavy atom. The summed E-state index contributed by atoms with van der Waals surface area (Å²) in [5, 5.41) is 1.13. The third-order valence-corrected chi connectivity index (χ3v) is 5.73. The molecule has 1 aliphatic heterocycles. The van der Waals surface area contributed by atoms with Gasteiger partial charge in [-0.15, -0.1) is 0 Å². The van der Waals surface area contributed by atoms with Gasteiger partial charge in [-0.1, -0.05) is 30.3 Å². The number of H-pyrrole nitrogens is 1. The highest BCUT2D eigenvalue weighted by molar-refractivity contribution is 5.93. The first-order chi connectivity index (χ1) is 13.5. The number of rotatable bonds is 5. The molecule has 1 fully saturated rings. The van der Waals surface area contributed by atoms with Gasteiger partial charge in [0.1, 0.15) is 0 Å². The summed E-state index contributed by atoms with van der Waals surface area (Å²) in [5.41, 5.74) is 10.3. The molecule has 3 N–H and O–H groups in total. The molecule has 5 nitrogen and oxygen atoms in total. The molecule has 1 saturated heterocycles. The van der Waals surface area contributed by atoms with Gasteiger partial charge >= 0.3 is 0 Å². The number of aromatic nitrogens is 1. The molecule has 0 saturated carbocycles. The molecule has 28 heavy (non-hydrogen) atoms. The molecule has 2 aromatic carbocycles. The van der Waals surface area contributed by atoms with Crippen LogP contribution in [0.15, 0.2) is 48.5 Å². The number of amides is 2. The van der Waals surface area contributed by atoms with Crippen molar-refractivity contribution in [2.75, 3.05) is 13.1 Å². The van der Waals surface area contributed by atoms with Gasteiger partial charge in [0.2, 0.25) is 11.8 Å². The summed E-state index contributed by atoms with van der Waals surface area (Å²) in [5.74, 6) is 0.191. The van der Waals surface area contributed by atoms with Crippen molar-refractivity contribution in [1.29, 1.82) is 0 Å². The lowest BCUT2D eigenvalue weighted by atomic mass is 9.97. The van der Waals surface area contributed by atoms with Crippen LogP contribution in [0.3, 0.4) is 0 Å². The molecule has 3 aromatic rings. The van der Waals surface area contributed by atoms with E-state index in [1.54, 1.807) is 6.07 Å². The zero-order chi connectivity index (χ0) is 19.7. The number of carbonyl (C=O) groups excluding carboxylic acids is 2. The maximum atomic E-state index is 12.9. The molecule has 144 valence electrons. The second-order valence-electron chi connectivity index (χ2n) is 7.71. The van der Waals surface area contributed by atoms with Crippen molar-refractivity contribution in [3.05, 3.63) is 70.9 Å². The number of likely N-dealkylation sites (tertiary alicyclic amines) is 1. The van der Waals surface area contributed by atoms with Crippen LogP contribution in [0.1, 0.15) is 33.6 Å². The summed E-state index contributed by atoms with van der Waals surface area (Å²) in [7, 11) is 0. The van der Waals surface area contributed by atoms with E-state index in [9.17, 15) is 9.59 Å². The fraction of sp³-hybridized carbons (Fsp3) is 0.304. The average molecular weight is 375 g/mol. The number of hydrogen-bond acceptors (Lipinski definition) is 2. The molecule has 1 atom stereocenters. The molecule has 1 aromatic heterocycles. The third-order valence-electron chi connectivity index (χ3n) is 5.73. The maximum absolute atomic E-state index is 12.9. The van der Waals surface area contributed by atoms with E-state index < -0.39 is 5.91 Å². The van der Waals surface area contributed by atoms with E-state index in [-0.39, 0.29) is 5.91 Å². The standard InChI is InChI=1S/C23H25N3O2/c1-15-20(19-7-2-3-8-21(19)25-15)13-22(27)26-10-9-17(14-26)11-16-5-4-6-18(12-16)23(24)28/h2-8,12,17,25H,9-11,13-14H2,1H3,(H2,24,28)/t17-/m0/s1. The lowest BCUT2D eigenvalue weighted by molar-refractivity contribution is -0.129. The number of fused-ring (bicyclic) bond motifs is 1. The first kappa shape index (κ1) is 18.3. The van der Waals surface area contributed by atoms with Crippen molar-refractivity contribution in [1.82, 2.24) is 9.88 Å². The van der Waals surface area contributed by atoms with Crippen LogP contribution in [-0.4, -0.2) is 34.8 Å². The topological polar surface area (TPSA) is 79.2 Å². The first-order valence-electron chi connectivity index (χ1n) is 9.74. The van der Waals surface area contributed by atoms with Crippen LogP contribution in [0, 0.1) is 12.8 Å². The molecule has 0 spiro atoms. The van der Waals surface area contributed by atoms with Crippen LogP contribution in [-0.2, 0) is 17.6 Å². The van der Waals surface area contributed by atoms with Crippen LogP contribution in [0.25, 0.3) is 10.9 Å². The molecule has 0 radical (unpaired) electrons.